The Kier molecular flexibility index (Phi) is 9.33. The topological polar surface area (TPSA) is 29.3 Å². The number of rotatable bonds is 5. The van der Waals surface area contributed by atoms with Crippen molar-refractivity contribution in [3.05, 3.63) is 63.6 Å². The summed E-state index contributed by atoms with van der Waals surface area (Å²) >= 11 is 17.5. The largest absolute Gasteiger partial charge is 0.369 e. The van der Waals surface area contributed by atoms with Crippen molar-refractivity contribution in [1.82, 2.24) is 0 Å². The Bertz CT molecular complexity index is 541. The minimum atomic E-state index is 0.624. The fraction of sp³-hybridized carbons (Fsp3) is 0.294. The average molecular weight is 360 g/mol. The highest BCUT2D eigenvalue weighted by molar-refractivity contribution is 6.36. The number of nitrogens with two attached hydrogens (primary N) is 1. The molecule has 0 aliphatic carbocycles. The van der Waals surface area contributed by atoms with E-state index in [4.69, 9.17) is 40.5 Å². The number of halogens is 3. The third-order valence-electron chi connectivity index (χ3n) is 2.88. The molecule has 0 aliphatic heterocycles. The minimum Gasteiger partial charge on any atom is -0.369 e. The maximum absolute atomic E-state index is 6.13. The summed E-state index contributed by atoms with van der Waals surface area (Å²) in [6, 6.07) is 15.0. The van der Waals surface area contributed by atoms with E-state index in [1.165, 1.54) is 0 Å². The second-order valence-electron chi connectivity index (χ2n) is 4.67. The van der Waals surface area contributed by atoms with Crippen molar-refractivity contribution in [1.29, 1.82) is 0 Å². The van der Waals surface area contributed by atoms with Crippen molar-refractivity contribution in [3.63, 3.8) is 0 Å². The van der Waals surface area contributed by atoms with Crippen LogP contribution >= 0.6 is 34.8 Å². The van der Waals surface area contributed by atoms with Crippen LogP contribution in [0.5, 0.6) is 0 Å². The van der Waals surface area contributed by atoms with Gasteiger partial charge in [0.15, 0.2) is 0 Å². The Morgan fingerprint density at radius 1 is 0.909 bits per heavy atom. The first-order valence-electron chi connectivity index (χ1n) is 7.19. The van der Waals surface area contributed by atoms with Gasteiger partial charge in [-0.1, -0.05) is 59.9 Å². The van der Waals surface area contributed by atoms with E-state index >= 15 is 0 Å². The third kappa shape index (κ3) is 6.89. The molecule has 0 bridgehead atoms. The van der Waals surface area contributed by atoms with Gasteiger partial charge in [-0.25, -0.2) is 0 Å². The molecule has 0 amide bonds. The first-order chi connectivity index (χ1) is 10.6. The monoisotopic (exact) mass is 358 g/mol. The third-order valence-corrected chi connectivity index (χ3v) is 3.67. The summed E-state index contributed by atoms with van der Waals surface area (Å²) in [7, 11) is 0. The summed E-state index contributed by atoms with van der Waals surface area (Å²) in [5.41, 5.74) is 6.57. The van der Waals surface area contributed by atoms with Gasteiger partial charge in [-0.05, 0) is 36.8 Å². The van der Waals surface area contributed by atoms with Crippen molar-refractivity contribution < 1.29 is 0 Å². The van der Waals surface area contributed by atoms with Crippen LogP contribution in [0.2, 0.25) is 15.1 Å². The SMILES string of the molecule is CCCN(CCN)c1ccc(Cl)cc1Cl.Clc1ccccc1. The first kappa shape index (κ1) is 19.1. The Morgan fingerprint density at radius 3 is 2.05 bits per heavy atom. The Labute approximate surface area is 147 Å². The molecule has 0 fully saturated rings. The van der Waals surface area contributed by atoms with Crippen LogP contribution in [0.25, 0.3) is 0 Å². The quantitative estimate of drug-likeness (QED) is 0.762. The zero-order valence-corrected chi connectivity index (χ0v) is 14.9. The van der Waals surface area contributed by atoms with E-state index in [0.29, 0.717) is 16.6 Å². The summed E-state index contributed by atoms with van der Waals surface area (Å²) in [6.07, 6.45) is 1.07. The summed E-state index contributed by atoms with van der Waals surface area (Å²) in [6.45, 7) is 4.53. The van der Waals surface area contributed by atoms with Crippen LogP contribution < -0.4 is 10.6 Å². The number of hydrogen-bond donors (Lipinski definition) is 1. The van der Waals surface area contributed by atoms with Crippen LogP contribution in [0.4, 0.5) is 5.69 Å². The average Bonchev–Trinajstić information content (AvgIpc) is 2.49. The number of hydrogen-bond acceptors (Lipinski definition) is 2. The van der Waals surface area contributed by atoms with Gasteiger partial charge in [0.25, 0.3) is 0 Å². The lowest BCUT2D eigenvalue weighted by molar-refractivity contribution is 0.763. The molecule has 120 valence electrons. The van der Waals surface area contributed by atoms with Gasteiger partial charge in [-0.2, -0.15) is 0 Å². The molecular formula is C17H21Cl3N2. The van der Waals surface area contributed by atoms with Crippen LogP contribution in [-0.4, -0.2) is 19.6 Å². The van der Waals surface area contributed by atoms with Gasteiger partial charge in [0, 0.05) is 29.7 Å². The normalized spacial score (nSPS) is 9.86. The van der Waals surface area contributed by atoms with Crippen molar-refractivity contribution in [2.75, 3.05) is 24.5 Å². The molecule has 0 saturated heterocycles. The van der Waals surface area contributed by atoms with Crippen LogP contribution in [0.15, 0.2) is 48.5 Å². The van der Waals surface area contributed by atoms with Gasteiger partial charge in [0.2, 0.25) is 0 Å². The lowest BCUT2D eigenvalue weighted by Gasteiger charge is -2.24. The Hall–Kier alpha value is -0.930. The number of anilines is 1. The lowest BCUT2D eigenvalue weighted by atomic mass is 10.2. The predicted octanol–water partition coefficient (Wildman–Crippen LogP) is 5.51. The number of nitrogens with zero attached hydrogens (tertiary/aromatic N) is 1. The van der Waals surface area contributed by atoms with Gasteiger partial charge in [0.1, 0.15) is 0 Å². The van der Waals surface area contributed by atoms with Crippen LogP contribution in [0.1, 0.15) is 13.3 Å². The van der Waals surface area contributed by atoms with E-state index in [9.17, 15) is 0 Å². The molecular weight excluding hydrogens is 339 g/mol. The highest BCUT2D eigenvalue weighted by Gasteiger charge is 2.08. The maximum atomic E-state index is 6.13. The van der Waals surface area contributed by atoms with Gasteiger partial charge >= 0.3 is 0 Å². The van der Waals surface area contributed by atoms with E-state index in [2.05, 4.69) is 11.8 Å². The molecule has 0 heterocycles. The molecule has 2 N–H and O–H groups in total. The van der Waals surface area contributed by atoms with E-state index in [1.54, 1.807) is 6.07 Å². The zero-order valence-electron chi connectivity index (χ0n) is 12.6. The van der Waals surface area contributed by atoms with Gasteiger partial charge < -0.3 is 10.6 Å². The lowest BCUT2D eigenvalue weighted by Crippen LogP contribution is -2.30. The molecule has 0 aliphatic rings. The summed E-state index contributed by atoms with van der Waals surface area (Å²) in [4.78, 5) is 2.18. The van der Waals surface area contributed by atoms with Crippen LogP contribution in [-0.2, 0) is 0 Å². The predicted molar refractivity (Wildman–Crippen MR) is 99.5 cm³/mol. The second-order valence-corrected chi connectivity index (χ2v) is 5.95. The van der Waals surface area contributed by atoms with Gasteiger partial charge in [-0.3, -0.25) is 0 Å². The van der Waals surface area contributed by atoms with Crippen LogP contribution in [0, 0.1) is 0 Å². The molecule has 0 unspecified atom stereocenters. The molecule has 22 heavy (non-hydrogen) atoms. The number of benzene rings is 2. The molecule has 0 saturated carbocycles. The van der Waals surface area contributed by atoms with E-state index in [1.807, 2.05) is 42.5 Å². The van der Waals surface area contributed by atoms with Crippen molar-refractivity contribution in [3.8, 4) is 0 Å². The molecule has 0 radical (unpaired) electrons. The maximum Gasteiger partial charge on any atom is 0.0654 e. The minimum absolute atomic E-state index is 0.624. The summed E-state index contributed by atoms with van der Waals surface area (Å²) in [5.74, 6) is 0. The standard InChI is InChI=1S/C11H16Cl2N2.C6H5Cl/c1-2-6-15(7-5-14)11-4-3-9(12)8-10(11)13;7-6-4-2-1-3-5-6/h3-4,8H,2,5-7,14H2,1H3;1-5H. The molecule has 0 atom stereocenters. The molecule has 2 aromatic rings. The summed E-state index contributed by atoms with van der Waals surface area (Å²) < 4.78 is 0. The van der Waals surface area contributed by atoms with E-state index < -0.39 is 0 Å². The van der Waals surface area contributed by atoms with E-state index in [0.717, 1.165) is 30.2 Å². The highest BCUT2D eigenvalue weighted by atomic mass is 35.5. The fourth-order valence-electron chi connectivity index (χ4n) is 1.93. The molecule has 2 rings (SSSR count). The molecule has 2 aromatic carbocycles. The van der Waals surface area contributed by atoms with Crippen molar-refractivity contribution in [2.45, 2.75) is 13.3 Å². The second kappa shape index (κ2) is 10.7. The van der Waals surface area contributed by atoms with Crippen molar-refractivity contribution in [2.24, 2.45) is 5.73 Å². The van der Waals surface area contributed by atoms with E-state index in [-0.39, 0.29) is 0 Å². The van der Waals surface area contributed by atoms with Crippen molar-refractivity contribution >= 4 is 40.5 Å². The molecule has 0 aromatic heterocycles. The van der Waals surface area contributed by atoms with Gasteiger partial charge in [0.05, 0.1) is 10.7 Å². The Morgan fingerprint density at radius 2 is 1.59 bits per heavy atom. The molecule has 0 spiro atoms. The van der Waals surface area contributed by atoms with Crippen LogP contribution in [0.3, 0.4) is 0 Å². The summed E-state index contributed by atoms with van der Waals surface area (Å²) in [5, 5.41) is 2.14. The zero-order chi connectivity index (χ0) is 16.4. The first-order valence-corrected chi connectivity index (χ1v) is 8.32. The highest BCUT2D eigenvalue weighted by Crippen LogP contribution is 2.28. The Balaban J connectivity index is 0.000000287. The fourth-order valence-corrected chi connectivity index (χ4v) is 2.60. The molecule has 5 heteroatoms. The molecule has 2 nitrogen and oxygen atoms in total. The van der Waals surface area contributed by atoms with Gasteiger partial charge in [-0.15, -0.1) is 0 Å². The smallest absolute Gasteiger partial charge is 0.0654 e.